The highest BCUT2D eigenvalue weighted by molar-refractivity contribution is 4.98. The predicted molar refractivity (Wildman–Crippen MR) is 75.9 cm³/mol. The van der Waals surface area contributed by atoms with Crippen LogP contribution in [0, 0.1) is 0 Å². The second kappa shape index (κ2) is 5.48. The van der Waals surface area contributed by atoms with Gasteiger partial charge < -0.3 is 5.32 Å². The van der Waals surface area contributed by atoms with Gasteiger partial charge in [0.05, 0.1) is 0 Å². The third kappa shape index (κ3) is 2.59. The van der Waals surface area contributed by atoms with Gasteiger partial charge in [-0.05, 0) is 52.1 Å². The van der Waals surface area contributed by atoms with Crippen LogP contribution in [0.4, 0.5) is 0 Å². The molecule has 3 aliphatic rings. The van der Waals surface area contributed by atoms with Crippen molar-refractivity contribution in [1.29, 1.82) is 0 Å². The number of rotatable bonds is 5. The Morgan fingerprint density at radius 2 is 2.06 bits per heavy atom. The van der Waals surface area contributed by atoms with Crippen LogP contribution in [0.5, 0.6) is 0 Å². The molecule has 3 heteroatoms. The maximum atomic E-state index is 3.54. The summed E-state index contributed by atoms with van der Waals surface area (Å²) in [4.78, 5) is 5.62. The van der Waals surface area contributed by atoms with Gasteiger partial charge >= 0.3 is 0 Å². The summed E-state index contributed by atoms with van der Waals surface area (Å²) in [5.41, 5.74) is 0. The van der Waals surface area contributed by atoms with Crippen molar-refractivity contribution in [2.45, 2.75) is 70.1 Å². The Morgan fingerprint density at radius 1 is 1.22 bits per heavy atom. The summed E-state index contributed by atoms with van der Waals surface area (Å²) in [6.07, 6.45) is 6.96. The van der Waals surface area contributed by atoms with Gasteiger partial charge in [0.25, 0.3) is 0 Å². The van der Waals surface area contributed by atoms with Gasteiger partial charge in [0.15, 0.2) is 0 Å². The number of likely N-dealkylation sites (tertiary alicyclic amines) is 1. The van der Waals surface area contributed by atoms with Crippen molar-refractivity contribution in [3.05, 3.63) is 0 Å². The third-order valence-electron chi connectivity index (χ3n) is 5.07. The Labute approximate surface area is 112 Å². The van der Waals surface area contributed by atoms with Gasteiger partial charge in [-0.3, -0.25) is 9.80 Å². The standard InChI is InChI=1S/C15H29N3/c1-3-8-17(14-6-7-16-10-14)15-9-12(2)18(11-15)13-4-5-13/h12-16H,3-11H2,1-2H3. The van der Waals surface area contributed by atoms with E-state index in [9.17, 15) is 0 Å². The first-order chi connectivity index (χ1) is 8.79. The Kier molecular flexibility index (Phi) is 3.92. The van der Waals surface area contributed by atoms with Crippen molar-refractivity contribution in [2.75, 3.05) is 26.2 Å². The molecule has 0 aromatic carbocycles. The van der Waals surface area contributed by atoms with Gasteiger partial charge in [0.2, 0.25) is 0 Å². The van der Waals surface area contributed by atoms with Gasteiger partial charge in [-0.1, -0.05) is 6.92 Å². The fourth-order valence-corrected chi connectivity index (χ4v) is 4.03. The first-order valence-corrected chi connectivity index (χ1v) is 8.01. The van der Waals surface area contributed by atoms with Gasteiger partial charge in [0, 0.05) is 37.3 Å². The van der Waals surface area contributed by atoms with Crippen LogP contribution in [0.15, 0.2) is 0 Å². The van der Waals surface area contributed by atoms with E-state index in [-0.39, 0.29) is 0 Å². The molecule has 0 aromatic heterocycles. The lowest BCUT2D eigenvalue weighted by Gasteiger charge is -2.34. The Hall–Kier alpha value is -0.120. The van der Waals surface area contributed by atoms with Crippen molar-refractivity contribution in [3.8, 4) is 0 Å². The average Bonchev–Trinajstić information content (AvgIpc) is 2.91. The average molecular weight is 251 g/mol. The molecule has 1 saturated carbocycles. The summed E-state index contributed by atoms with van der Waals surface area (Å²) in [6.45, 7) is 9.83. The monoisotopic (exact) mass is 251 g/mol. The Morgan fingerprint density at radius 3 is 2.67 bits per heavy atom. The van der Waals surface area contributed by atoms with Crippen molar-refractivity contribution in [2.24, 2.45) is 0 Å². The molecule has 1 aliphatic carbocycles. The van der Waals surface area contributed by atoms with E-state index in [0.717, 1.165) is 24.2 Å². The molecule has 18 heavy (non-hydrogen) atoms. The molecular formula is C15H29N3. The summed E-state index contributed by atoms with van der Waals surface area (Å²) < 4.78 is 0. The molecule has 2 saturated heterocycles. The van der Waals surface area contributed by atoms with Crippen LogP contribution in [0.3, 0.4) is 0 Å². The molecule has 3 unspecified atom stereocenters. The molecule has 3 fully saturated rings. The zero-order chi connectivity index (χ0) is 12.5. The zero-order valence-electron chi connectivity index (χ0n) is 12.1. The van der Waals surface area contributed by atoms with Crippen LogP contribution in [0.1, 0.15) is 46.0 Å². The van der Waals surface area contributed by atoms with Crippen LogP contribution in [0.25, 0.3) is 0 Å². The molecule has 2 heterocycles. The lowest BCUT2D eigenvalue weighted by Crippen LogP contribution is -2.46. The maximum Gasteiger partial charge on any atom is 0.0241 e. The normalized spacial score (nSPS) is 37.8. The second-order valence-electron chi connectivity index (χ2n) is 6.55. The van der Waals surface area contributed by atoms with E-state index < -0.39 is 0 Å². The van der Waals surface area contributed by atoms with Crippen molar-refractivity contribution < 1.29 is 0 Å². The minimum Gasteiger partial charge on any atom is -0.315 e. The van der Waals surface area contributed by atoms with E-state index in [1.165, 1.54) is 58.3 Å². The van der Waals surface area contributed by atoms with Gasteiger partial charge in [0.1, 0.15) is 0 Å². The predicted octanol–water partition coefficient (Wildman–Crippen LogP) is 1.69. The first kappa shape index (κ1) is 12.9. The maximum absolute atomic E-state index is 3.54. The molecule has 3 atom stereocenters. The summed E-state index contributed by atoms with van der Waals surface area (Å²) in [5.74, 6) is 0. The van der Waals surface area contributed by atoms with Crippen LogP contribution in [-0.4, -0.2) is 60.1 Å². The Balaban J connectivity index is 1.63. The largest absolute Gasteiger partial charge is 0.315 e. The summed E-state index contributed by atoms with van der Waals surface area (Å²) in [6, 6.07) is 3.39. The molecule has 2 aliphatic heterocycles. The lowest BCUT2D eigenvalue weighted by atomic mass is 10.1. The number of nitrogens with one attached hydrogen (secondary N) is 1. The molecule has 0 amide bonds. The molecular weight excluding hydrogens is 222 g/mol. The van der Waals surface area contributed by atoms with E-state index in [0.29, 0.717) is 0 Å². The highest BCUT2D eigenvalue weighted by Crippen LogP contribution is 2.35. The van der Waals surface area contributed by atoms with Crippen LogP contribution >= 0.6 is 0 Å². The first-order valence-electron chi connectivity index (χ1n) is 8.01. The van der Waals surface area contributed by atoms with Crippen LogP contribution < -0.4 is 5.32 Å². The van der Waals surface area contributed by atoms with E-state index in [4.69, 9.17) is 0 Å². The summed E-state index contributed by atoms with van der Waals surface area (Å²) >= 11 is 0. The fourth-order valence-electron chi connectivity index (χ4n) is 4.03. The minimum atomic E-state index is 0.807. The topological polar surface area (TPSA) is 18.5 Å². The quantitative estimate of drug-likeness (QED) is 0.802. The van der Waals surface area contributed by atoms with Crippen molar-refractivity contribution >= 4 is 0 Å². The van der Waals surface area contributed by atoms with Crippen molar-refractivity contribution in [3.63, 3.8) is 0 Å². The van der Waals surface area contributed by atoms with Crippen LogP contribution in [0.2, 0.25) is 0 Å². The van der Waals surface area contributed by atoms with E-state index in [1.807, 2.05) is 0 Å². The smallest absolute Gasteiger partial charge is 0.0241 e. The lowest BCUT2D eigenvalue weighted by molar-refractivity contribution is 0.141. The molecule has 3 nitrogen and oxygen atoms in total. The van der Waals surface area contributed by atoms with E-state index in [1.54, 1.807) is 0 Å². The fraction of sp³-hybridized carbons (Fsp3) is 1.00. The van der Waals surface area contributed by atoms with E-state index >= 15 is 0 Å². The molecule has 1 N–H and O–H groups in total. The highest BCUT2D eigenvalue weighted by Gasteiger charge is 2.41. The SMILES string of the molecule is CCCN(C1CCNC1)C1CC(C)N(C2CC2)C1. The van der Waals surface area contributed by atoms with Crippen molar-refractivity contribution in [1.82, 2.24) is 15.1 Å². The molecule has 104 valence electrons. The van der Waals surface area contributed by atoms with Gasteiger partial charge in [-0.15, -0.1) is 0 Å². The number of nitrogens with zero attached hydrogens (tertiary/aromatic N) is 2. The van der Waals surface area contributed by atoms with Gasteiger partial charge in [-0.2, -0.15) is 0 Å². The minimum absolute atomic E-state index is 0.807. The summed E-state index contributed by atoms with van der Waals surface area (Å²) in [7, 11) is 0. The Bertz CT molecular complexity index is 271. The number of hydrogen-bond acceptors (Lipinski definition) is 3. The van der Waals surface area contributed by atoms with Crippen LogP contribution in [-0.2, 0) is 0 Å². The molecule has 0 aromatic rings. The zero-order valence-corrected chi connectivity index (χ0v) is 12.1. The highest BCUT2D eigenvalue weighted by atomic mass is 15.3. The molecule has 0 spiro atoms. The third-order valence-corrected chi connectivity index (χ3v) is 5.07. The molecule has 0 bridgehead atoms. The number of hydrogen-bond donors (Lipinski definition) is 1. The summed E-state index contributed by atoms with van der Waals surface area (Å²) in [5, 5.41) is 3.54. The molecule has 3 rings (SSSR count). The van der Waals surface area contributed by atoms with E-state index in [2.05, 4.69) is 29.0 Å². The second-order valence-corrected chi connectivity index (χ2v) is 6.55. The molecule has 0 radical (unpaired) electrons. The van der Waals surface area contributed by atoms with Gasteiger partial charge in [-0.25, -0.2) is 0 Å².